The van der Waals surface area contributed by atoms with Gasteiger partial charge in [-0.1, -0.05) is 45.4 Å². The number of nitrogens with one attached hydrogen (secondary N) is 4. The number of amides is 4. The minimum absolute atomic E-state index is 0.00608. The number of carbonyl (C=O) groups excluding carboxylic acids is 5. The lowest BCUT2D eigenvalue weighted by atomic mass is 10.1. The van der Waals surface area contributed by atoms with Crippen molar-refractivity contribution in [1.82, 2.24) is 21.3 Å². The van der Waals surface area contributed by atoms with Crippen molar-refractivity contribution in [2.45, 2.75) is 90.0 Å². The van der Waals surface area contributed by atoms with Gasteiger partial charge in [0.25, 0.3) is 0 Å². The summed E-state index contributed by atoms with van der Waals surface area (Å²) >= 11 is 0. The van der Waals surface area contributed by atoms with Gasteiger partial charge in [-0.3, -0.25) is 19.2 Å². The summed E-state index contributed by atoms with van der Waals surface area (Å²) in [6.07, 6.45) is 9.89. The van der Waals surface area contributed by atoms with E-state index in [0.29, 0.717) is 51.4 Å². The Balaban J connectivity index is 1.90. The van der Waals surface area contributed by atoms with Gasteiger partial charge in [-0.2, -0.15) is 0 Å². The van der Waals surface area contributed by atoms with E-state index in [0.717, 1.165) is 57.8 Å². The molecule has 0 saturated carbocycles. The second kappa shape index (κ2) is 33.4. The number of carboxylic acids is 1. The van der Waals surface area contributed by atoms with Crippen LogP contribution in [-0.4, -0.2) is 126 Å². The van der Waals surface area contributed by atoms with Crippen LogP contribution in [0.3, 0.4) is 0 Å². The van der Waals surface area contributed by atoms with E-state index in [4.69, 9.17) is 28.8 Å². The second-order valence-corrected chi connectivity index (χ2v) is 12.5. The summed E-state index contributed by atoms with van der Waals surface area (Å²) < 4.78 is 26.9. The molecular weight excluding hydrogens is 704 g/mol. The molecule has 1 atom stereocenters. The van der Waals surface area contributed by atoms with Crippen molar-refractivity contribution in [2.24, 2.45) is 0 Å². The van der Waals surface area contributed by atoms with Gasteiger partial charge in [0.1, 0.15) is 25.2 Å². The first-order valence-corrected chi connectivity index (χ1v) is 19.1. The van der Waals surface area contributed by atoms with E-state index < -0.39 is 12.0 Å². The number of carbonyl (C=O) groups is 6. The van der Waals surface area contributed by atoms with Gasteiger partial charge in [0, 0.05) is 32.5 Å². The average Bonchev–Trinajstić information content (AvgIpc) is 3.16. The van der Waals surface area contributed by atoms with Crippen molar-refractivity contribution in [3.8, 4) is 5.75 Å². The highest BCUT2D eigenvalue weighted by molar-refractivity contribution is 5.87. The Hall–Kier alpha value is -4.12. The number of rotatable bonds is 36. The molecule has 1 aromatic rings. The predicted octanol–water partition coefficient (Wildman–Crippen LogP) is 2.56. The quantitative estimate of drug-likeness (QED) is 0.0492. The summed E-state index contributed by atoms with van der Waals surface area (Å²) in [6, 6.07) is 5.63. The van der Waals surface area contributed by atoms with Gasteiger partial charge in [0.2, 0.25) is 23.6 Å². The molecule has 54 heavy (non-hydrogen) atoms. The van der Waals surface area contributed by atoms with Crippen LogP contribution < -0.4 is 26.0 Å². The van der Waals surface area contributed by atoms with E-state index in [1.807, 2.05) is 6.92 Å². The molecule has 0 aliphatic rings. The Kier molecular flexibility index (Phi) is 29.7. The molecule has 16 heteroatoms. The topological polar surface area (TPSA) is 217 Å². The third-order valence-corrected chi connectivity index (χ3v) is 7.81. The van der Waals surface area contributed by atoms with Crippen molar-refractivity contribution in [1.29, 1.82) is 0 Å². The van der Waals surface area contributed by atoms with E-state index >= 15 is 0 Å². The third-order valence-electron chi connectivity index (χ3n) is 7.81. The fraction of sp³-hybridized carbons (Fsp3) is 0.684. The Morgan fingerprint density at radius 3 is 1.72 bits per heavy atom. The van der Waals surface area contributed by atoms with Gasteiger partial charge in [0.15, 0.2) is 0 Å². The highest BCUT2D eigenvalue weighted by Gasteiger charge is 2.13. The van der Waals surface area contributed by atoms with Crippen LogP contribution in [-0.2, 0) is 42.9 Å². The smallest absolute Gasteiger partial charge is 0.335 e. The molecule has 306 valence electrons. The van der Waals surface area contributed by atoms with Crippen molar-refractivity contribution in [2.75, 3.05) is 79.1 Å². The summed E-state index contributed by atoms with van der Waals surface area (Å²) in [6.45, 7) is 5.31. The van der Waals surface area contributed by atoms with Crippen molar-refractivity contribution < 1.29 is 57.6 Å². The fourth-order valence-corrected chi connectivity index (χ4v) is 4.78. The lowest BCUT2D eigenvalue weighted by Gasteiger charge is -2.13. The molecule has 1 unspecified atom stereocenters. The number of aromatic carboxylic acids is 1. The Bertz CT molecular complexity index is 1190. The first kappa shape index (κ1) is 47.9. The van der Waals surface area contributed by atoms with E-state index in [2.05, 4.69) is 21.3 Å². The molecule has 0 fully saturated rings. The van der Waals surface area contributed by atoms with Gasteiger partial charge >= 0.3 is 5.97 Å². The summed E-state index contributed by atoms with van der Waals surface area (Å²) in [4.78, 5) is 70.0. The number of benzene rings is 1. The summed E-state index contributed by atoms with van der Waals surface area (Å²) in [5.74, 6) is -1.21. The van der Waals surface area contributed by atoms with E-state index in [-0.39, 0.29) is 88.2 Å². The van der Waals surface area contributed by atoms with E-state index in [1.54, 1.807) is 12.1 Å². The summed E-state index contributed by atoms with van der Waals surface area (Å²) in [5.41, 5.74) is 0.228. The zero-order valence-corrected chi connectivity index (χ0v) is 31.9. The van der Waals surface area contributed by atoms with Crippen molar-refractivity contribution >= 4 is 35.9 Å². The molecule has 0 saturated heterocycles. The van der Waals surface area contributed by atoms with Crippen LogP contribution in [0.1, 0.15) is 94.3 Å². The molecule has 0 aliphatic heterocycles. The molecule has 0 spiro atoms. The number of ether oxygens (including phenoxy) is 5. The number of aldehydes is 1. The summed E-state index contributed by atoms with van der Waals surface area (Å²) in [5, 5.41) is 19.7. The van der Waals surface area contributed by atoms with Crippen molar-refractivity contribution in [3.63, 3.8) is 0 Å². The Labute approximate surface area is 319 Å². The van der Waals surface area contributed by atoms with Gasteiger partial charge in [0.05, 0.1) is 57.9 Å². The average molecular weight is 767 g/mol. The van der Waals surface area contributed by atoms with Crippen LogP contribution in [0.5, 0.6) is 5.75 Å². The van der Waals surface area contributed by atoms with Gasteiger partial charge in [-0.25, -0.2) is 4.79 Å². The third kappa shape index (κ3) is 28.4. The maximum Gasteiger partial charge on any atom is 0.335 e. The lowest BCUT2D eigenvalue weighted by molar-refractivity contribution is -0.127. The predicted molar refractivity (Wildman–Crippen MR) is 200 cm³/mol. The molecule has 16 nitrogen and oxygen atoms in total. The molecule has 5 N–H and O–H groups in total. The zero-order valence-electron chi connectivity index (χ0n) is 31.9. The lowest BCUT2D eigenvalue weighted by Crippen LogP contribution is -2.37. The van der Waals surface area contributed by atoms with E-state index in [1.165, 1.54) is 12.1 Å². The zero-order chi connectivity index (χ0) is 39.5. The van der Waals surface area contributed by atoms with Gasteiger partial charge in [-0.05, 0) is 49.9 Å². The molecule has 1 aromatic carbocycles. The van der Waals surface area contributed by atoms with Crippen molar-refractivity contribution in [3.05, 3.63) is 29.8 Å². The maximum absolute atomic E-state index is 12.3. The van der Waals surface area contributed by atoms with Crippen LogP contribution in [0.2, 0.25) is 0 Å². The molecule has 0 bridgehead atoms. The molecule has 4 amide bonds. The molecule has 0 aliphatic carbocycles. The first-order valence-electron chi connectivity index (χ1n) is 19.1. The van der Waals surface area contributed by atoms with Gasteiger partial charge < -0.3 is 54.9 Å². The second-order valence-electron chi connectivity index (χ2n) is 12.5. The van der Waals surface area contributed by atoms with Crippen LogP contribution in [0.15, 0.2) is 24.3 Å². The van der Waals surface area contributed by atoms with Crippen LogP contribution in [0, 0.1) is 0 Å². The van der Waals surface area contributed by atoms with E-state index in [9.17, 15) is 28.8 Å². The normalized spacial score (nSPS) is 11.4. The highest BCUT2D eigenvalue weighted by atomic mass is 16.5. The molecule has 0 radical (unpaired) electrons. The molecular formula is C38H62N4O12. The highest BCUT2D eigenvalue weighted by Crippen LogP contribution is 2.14. The van der Waals surface area contributed by atoms with Crippen LogP contribution in [0.4, 0.5) is 0 Å². The Morgan fingerprint density at radius 2 is 1.15 bits per heavy atom. The summed E-state index contributed by atoms with van der Waals surface area (Å²) in [7, 11) is 0. The first-order chi connectivity index (χ1) is 26.2. The molecule has 0 aromatic heterocycles. The number of hydrogen-bond donors (Lipinski definition) is 5. The fourth-order valence-electron chi connectivity index (χ4n) is 4.78. The SMILES string of the molecule is CCCCNC(=O)COCCOCCNC(=O)COCCOCCNC(=O)CCC(C=O)NC(=O)CCCCCCCCCOc1ccc(C(=O)O)cc1. The minimum Gasteiger partial charge on any atom is -0.494 e. The molecule has 1 rings (SSSR count). The number of hydrogen-bond acceptors (Lipinski definition) is 11. The minimum atomic E-state index is -0.965. The maximum atomic E-state index is 12.3. The van der Waals surface area contributed by atoms with Crippen LogP contribution >= 0.6 is 0 Å². The monoisotopic (exact) mass is 766 g/mol. The largest absolute Gasteiger partial charge is 0.494 e. The number of unbranched alkanes of at least 4 members (excludes halogenated alkanes) is 7. The Morgan fingerprint density at radius 1 is 0.611 bits per heavy atom. The molecule has 0 heterocycles. The van der Waals surface area contributed by atoms with Crippen LogP contribution in [0.25, 0.3) is 0 Å². The van der Waals surface area contributed by atoms with Gasteiger partial charge in [-0.15, -0.1) is 0 Å². The number of carboxylic acid groups (broad SMARTS) is 1. The standard InChI is InChI=1S/C38H62N4O12/c1-2-3-18-39-36(46)29-52-26-25-51-23-20-41-37(47)30-53-27-24-50-22-19-40-34(44)17-14-32(28-43)42-35(45)11-9-7-5-4-6-8-10-21-54-33-15-12-31(13-16-33)38(48)49/h12-13,15-16,28,32H,2-11,14,17-27,29-30H2,1H3,(H,39,46)(H,40,44)(H,41,47)(H,42,45)(H,48,49).